The van der Waals surface area contributed by atoms with E-state index in [2.05, 4.69) is 11.0 Å². The van der Waals surface area contributed by atoms with Crippen LogP contribution in [0.15, 0.2) is 18.2 Å². The smallest absolute Gasteiger partial charge is 0.220 e. The van der Waals surface area contributed by atoms with Gasteiger partial charge < -0.3 is 15.6 Å². The summed E-state index contributed by atoms with van der Waals surface area (Å²) in [5.41, 5.74) is 5.62. The van der Waals surface area contributed by atoms with Gasteiger partial charge in [-0.05, 0) is 37.1 Å². The maximum absolute atomic E-state index is 11.1. The molecule has 1 amide bonds. The van der Waals surface area contributed by atoms with Gasteiger partial charge in [0.05, 0.1) is 24.7 Å². The average molecular weight is 303 g/mol. The second-order valence-corrected chi connectivity index (χ2v) is 5.83. The summed E-state index contributed by atoms with van der Waals surface area (Å²) in [4.78, 5) is 13.2. The molecule has 1 aromatic rings. The Balaban J connectivity index is 2.07. The molecule has 1 aliphatic heterocycles. The van der Waals surface area contributed by atoms with Gasteiger partial charge in [0.2, 0.25) is 5.91 Å². The summed E-state index contributed by atoms with van der Waals surface area (Å²) in [6.45, 7) is 1.86. The summed E-state index contributed by atoms with van der Waals surface area (Å²) in [5.74, 6) is 0.0655. The normalized spacial score (nSPS) is 22.0. The minimum absolute atomic E-state index is 0.0183. The number of nitrogens with two attached hydrogens (primary N) is 1. The first-order valence-electron chi connectivity index (χ1n) is 7.26. The van der Waals surface area contributed by atoms with Crippen LogP contribution in [0.4, 0.5) is 0 Å². The lowest BCUT2D eigenvalue weighted by Gasteiger charge is -2.38. The number of carbonyl (C=O) groups is 1. The maximum atomic E-state index is 11.1. The third-order valence-electron chi connectivity index (χ3n) is 3.93. The Labute approximate surface area is 130 Å². The third-order valence-corrected chi connectivity index (χ3v) is 3.93. The number of amides is 1. The fraction of sp³-hybridized carbons (Fsp3) is 0.500. The molecule has 0 saturated carbocycles. The first kappa shape index (κ1) is 16.3. The van der Waals surface area contributed by atoms with E-state index in [1.807, 2.05) is 6.07 Å². The SMILES string of the molecule is COc1ccc(CN2CCCC(O)(CC(N)=O)C2)cc1C#N. The van der Waals surface area contributed by atoms with Crippen LogP contribution in [0.1, 0.15) is 30.4 Å². The van der Waals surface area contributed by atoms with Gasteiger partial charge in [-0.3, -0.25) is 9.69 Å². The van der Waals surface area contributed by atoms with Crippen molar-refractivity contribution in [3.8, 4) is 11.8 Å². The van der Waals surface area contributed by atoms with Gasteiger partial charge in [-0.1, -0.05) is 6.07 Å². The fourth-order valence-corrected chi connectivity index (χ4v) is 3.01. The van der Waals surface area contributed by atoms with Crippen LogP contribution in [0.25, 0.3) is 0 Å². The highest BCUT2D eigenvalue weighted by Gasteiger charge is 2.34. The highest BCUT2D eigenvalue weighted by Crippen LogP contribution is 2.26. The van der Waals surface area contributed by atoms with Crippen LogP contribution >= 0.6 is 0 Å². The molecule has 0 aliphatic carbocycles. The van der Waals surface area contributed by atoms with Crippen molar-refractivity contribution < 1.29 is 14.6 Å². The lowest BCUT2D eigenvalue weighted by Crippen LogP contribution is -2.49. The van der Waals surface area contributed by atoms with Gasteiger partial charge >= 0.3 is 0 Å². The fourth-order valence-electron chi connectivity index (χ4n) is 3.01. The van der Waals surface area contributed by atoms with E-state index < -0.39 is 11.5 Å². The number of likely N-dealkylation sites (tertiary alicyclic amines) is 1. The number of ether oxygens (including phenoxy) is 1. The quantitative estimate of drug-likeness (QED) is 0.837. The van der Waals surface area contributed by atoms with Crippen molar-refractivity contribution in [2.45, 2.75) is 31.4 Å². The van der Waals surface area contributed by atoms with Crippen LogP contribution in [-0.2, 0) is 11.3 Å². The summed E-state index contributed by atoms with van der Waals surface area (Å²) in [6, 6.07) is 7.58. The molecule has 1 heterocycles. The van der Waals surface area contributed by atoms with Crippen LogP contribution in [0.3, 0.4) is 0 Å². The molecule has 2 rings (SSSR count). The van der Waals surface area contributed by atoms with Crippen LogP contribution in [-0.4, -0.2) is 41.7 Å². The Morgan fingerprint density at radius 1 is 1.59 bits per heavy atom. The molecule has 1 atom stereocenters. The molecule has 0 bridgehead atoms. The Morgan fingerprint density at radius 2 is 2.36 bits per heavy atom. The predicted octanol–water partition coefficient (Wildman–Crippen LogP) is 0.769. The molecule has 6 nitrogen and oxygen atoms in total. The molecule has 6 heteroatoms. The molecule has 118 valence electrons. The highest BCUT2D eigenvalue weighted by molar-refractivity contribution is 5.75. The molecule has 3 N–H and O–H groups in total. The van der Waals surface area contributed by atoms with E-state index >= 15 is 0 Å². The van der Waals surface area contributed by atoms with Crippen molar-refractivity contribution in [3.63, 3.8) is 0 Å². The average Bonchev–Trinajstić information content (AvgIpc) is 2.45. The Bertz CT molecular complexity index is 597. The number of carbonyl (C=O) groups excluding carboxylic acids is 1. The molecule has 1 unspecified atom stereocenters. The Kier molecular flexibility index (Phi) is 5.01. The number of β-amino-alcohol motifs (C(OH)–C–C–N with tert-alkyl or cyclic N) is 1. The summed E-state index contributed by atoms with van der Waals surface area (Å²) in [5, 5.41) is 19.6. The van der Waals surface area contributed by atoms with Gasteiger partial charge in [0.15, 0.2) is 0 Å². The largest absolute Gasteiger partial charge is 0.495 e. The lowest BCUT2D eigenvalue weighted by atomic mass is 9.89. The van der Waals surface area contributed by atoms with E-state index in [9.17, 15) is 9.90 Å². The minimum atomic E-state index is -1.05. The highest BCUT2D eigenvalue weighted by atomic mass is 16.5. The van der Waals surface area contributed by atoms with E-state index in [0.29, 0.717) is 30.8 Å². The number of hydrogen-bond donors (Lipinski definition) is 2. The van der Waals surface area contributed by atoms with E-state index in [4.69, 9.17) is 15.7 Å². The number of nitriles is 1. The van der Waals surface area contributed by atoms with E-state index in [1.54, 1.807) is 12.1 Å². The first-order valence-corrected chi connectivity index (χ1v) is 7.26. The number of benzene rings is 1. The number of hydrogen-bond acceptors (Lipinski definition) is 5. The van der Waals surface area contributed by atoms with Gasteiger partial charge in [0.25, 0.3) is 0 Å². The molecule has 1 saturated heterocycles. The molecule has 1 aliphatic rings. The van der Waals surface area contributed by atoms with Crippen molar-refractivity contribution in [2.24, 2.45) is 5.73 Å². The zero-order valence-corrected chi connectivity index (χ0v) is 12.7. The number of aliphatic hydroxyl groups is 1. The Hall–Kier alpha value is -2.10. The van der Waals surface area contributed by atoms with Crippen molar-refractivity contribution >= 4 is 5.91 Å². The number of piperidine rings is 1. The second-order valence-electron chi connectivity index (χ2n) is 5.83. The number of rotatable bonds is 5. The number of methoxy groups -OCH3 is 1. The molecule has 22 heavy (non-hydrogen) atoms. The van der Waals surface area contributed by atoms with Gasteiger partial charge in [0, 0.05) is 13.1 Å². The van der Waals surface area contributed by atoms with Gasteiger partial charge in [0.1, 0.15) is 11.8 Å². The van der Waals surface area contributed by atoms with Gasteiger partial charge in [-0.15, -0.1) is 0 Å². The number of nitrogens with zero attached hydrogens (tertiary/aromatic N) is 2. The van der Waals surface area contributed by atoms with Crippen molar-refractivity contribution in [2.75, 3.05) is 20.2 Å². The lowest BCUT2D eigenvalue weighted by molar-refractivity contribution is -0.125. The van der Waals surface area contributed by atoms with Crippen molar-refractivity contribution in [1.29, 1.82) is 5.26 Å². The van der Waals surface area contributed by atoms with Crippen molar-refractivity contribution in [1.82, 2.24) is 4.90 Å². The van der Waals surface area contributed by atoms with Gasteiger partial charge in [-0.25, -0.2) is 0 Å². The van der Waals surface area contributed by atoms with Gasteiger partial charge in [-0.2, -0.15) is 5.26 Å². The van der Waals surface area contributed by atoms with Crippen LogP contribution < -0.4 is 10.5 Å². The predicted molar refractivity (Wildman–Crippen MR) is 81.0 cm³/mol. The molecule has 1 aromatic carbocycles. The summed E-state index contributed by atoms with van der Waals surface area (Å²) < 4.78 is 5.13. The van der Waals surface area contributed by atoms with Crippen molar-refractivity contribution in [3.05, 3.63) is 29.3 Å². The van der Waals surface area contributed by atoms with E-state index in [-0.39, 0.29) is 6.42 Å². The summed E-state index contributed by atoms with van der Waals surface area (Å²) in [7, 11) is 1.53. The first-order chi connectivity index (χ1) is 10.5. The zero-order chi connectivity index (χ0) is 16.2. The maximum Gasteiger partial charge on any atom is 0.220 e. The van der Waals surface area contributed by atoms with Crippen LogP contribution in [0.5, 0.6) is 5.75 Å². The molecule has 0 aromatic heterocycles. The summed E-state index contributed by atoms with van der Waals surface area (Å²) in [6.07, 6.45) is 1.37. The Morgan fingerprint density at radius 3 is 3.00 bits per heavy atom. The standard InChI is InChI=1S/C16H21N3O3/c1-22-14-4-3-12(7-13(14)9-17)10-19-6-2-5-16(21,11-19)8-15(18)20/h3-4,7,21H,2,5-6,8,10-11H2,1H3,(H2,18,20). The topological polar surface area (TPSA) is 99.6 Å². The third kappa shape index (κ3) is 3.97. The second kappa shape index (κ2) is 6.77. The van der Waals surface area contributed by atoms with Crippen LogP contribution in [0.2, 0.25) is 0 Å². The zero-order valence-electron chi connectivity index (χ0n) is 12.7. The molecule has 0 spiro atoms. The molecule has 1 fully saturated rings. The summed E-state index contributed by atoms with van der Waals surface area (Å²) >= 11 is 0. The monoisotopic (exact) mass is 303 g/mol. The molecular weight excluding hydrogens is 282 g/mol. The van der Waals surface area contributed by atoms with E-state index in [1.165, 1.54) is 7.11 Å². The van der Waals surface area contributed by atoms with Crippen LogP contribution in [0, 0.1) is 11.3 Å². The molecular formula is C16H21N3O3. The van der Waals surface area contributed by atoms with E-state index in [0.717, 1.165) is 18.5 Å². The minimum Gasteiger partial charge on any atom is -0.495 e. The number of primary amides is 1. The molecule has 0 radical (unpaired) electrons.